The van der Waals surface area contributed by atoms with E-state index in [0.29, 0.717) is 5.75 Å². The number of fused-ring (bicyclic) bond motifs is 1. The molecular weight excluding hydrogens is 273 g/mol. The molecule has 0 radical (unpaired) electrons. The van der Waals surface area contributed by atoms with Crippen molar-refractivity contribution >= 4 is 11.3 Å². The lowest BCUT2D eigenvalue weighted by Crippen LogP contribution is -2.26. The highest BCUT2D eigenvalue weighted by molar-refractivity contribution is 7.12. The summed E-state index contributed by atoms with van der Waals surface area (Å²) in [5.41, 5.74) is 2.26. The first-order valence-electron chi connectivity index (χ1n) is 6.78. The van der Waals surface area contributed by atoms with Crippen LogP contribution >= 0.6 is 11.3 Å². The molecule has 2 nitrogen and oxygen atoms in total. The minimum Gasteiger partial charge on any atom is -0.485 e. The first-order chi connectivity index (χ1) is 9.58. The third-order valence-corrected chi connectivity index (χ3v) is 4.83. The Morgan fingerprint density at radius 1 is 1.25 bits per heavy atom. The lowest BCUT2D eigenvalue weighted by atomic mass is 9.93. The average Bonchev–Trinajstić information content (AvgIpc) is 2.76. The Morgan fingerprint density at radius 2 is 2.05 bits per heavy atom. The maximum Gasteiger partial charge on any atom is 0.127 e. The van der Waals surface area contributed by atoms with Crippen molar-refractivity contribution in [3.05, 3.63) is 51.0 Å². The fourth-order valence-electron chi connectivity index (χ4n) is 2.87. The van der Waals surface area contributed by atoms with Gasteiger partial charge in [0.25, 0.3) is 0 Å². The number of hydrogen-bond acceptors (Lipinski definition) is 3. The highest BCUT2D eigenvalue weighted by Crippen LogP contribution is 2.42. The van der Waals surface area contributed by atoms with Gasteiger partial charge in [0.1, 0.15) is 17.7 Å². The SMILES string of the molecule is CNC1CC(c2cc(C)sc2C)Oc2cc(F)ccc21. The summed E-state index contributed by atoms with van der Waals surface area (Å²) in [7, 11) is 1.94. The van der Waals surface area contributed by atoms with Gasteiger partial charge >= 0.3 is 0 Å². The molecule has 3 rings (SSSR count). The van der Waals surface area contributed by atoms with Crippen LogP contribution in [-0.2, 0) is 0 Å². The Morgan fingerprint density at radius 3 is 2.70 bits per heavy atom. The normalized spacial score (nSPS) is 21.4. The van der Waals surface area contributed by atoms with Crippen molar-refractivity contribution < 1.29 is 9.13 Å². The summed E-state index contributed by atoms with van der Waals surface area (Å²) in [6.45, 7) is 4.22. The van der Waals surface area contributed by atoms with Crippen LogP contribution in [0.5, 0.6) is 5.75 Å². The van der Waals surface area contributed by atoms with E-state index in [4.69, 9.17) is 4.74 Å². The summed E-state index contributed by atoms with van der Waals surface area (Å²) in [5.74, 6) is 0.404. The second-order valence-corrected chi connectivity index (χ2v) is 6.69. The molecule has 2 aromatic rings. The number of halogens is 1. The van der Waals surface area contributed by atoms with E-state index in [9.17, 15) is 4.39 Å². The zero-order valence-corrected chi connectivity index (χ0v) is 12.7. The molecule has 0 spiro atoms. The standard InChI is InChI=1S/C16H18FNOS/c1-9-6-13(10(2)20-9)16-8-14(18-3)12-5-4-11(17)7-15(12)19-16/h4-7,14,16,18H,8H2,1-3H3. The van der Waals surface area contributed by atoms with E-state index >= 15 is 0 Å². The molecule has 1 N–H and O–H groups in total. The molecule has 0 saturated carbocycles. The summed E-state index contributed by atoms with van der Waals surface area (Å²) in [5, 5.41) is 3.31. The molecule has 2 atom stereocenters. The number of rotatable bonds is 2. The Labute approximate surface area is 122 Å². The summed E-state index contributed by atoms with van der Waals surface area (Å²) >= 11 is 1.78. The molecule has 0 aliphatic carbocycles. The molecule has 1 aliphatic heterocycles. The van der Waals surface area contributed by atoms with Crippen LogP contribution < -0.4 is 10.1 Å². The van der Waals surface area contributed by atoms with Gasteiger partial charge in [-0.15, -0.1) is 11.3 Å². The molecule has 0 fully saturated rings. The molecule has 0 amide bonds. The molecular formula is C16H18FNOS. The van der Waals surface area contributed by atoms with Crippen molar-refractivity contribution in [3.63, 3.8) is 0 Å². The van der Waals surface area contributed by atoms with Gasteiger partial charge in [-0.1, -0.05) is 6.07 Å². The molecule has 0 bridgehead atoms. The van der Waals surface area contributed by atoms with E-state index in [1.54, 1.807) is 11.3 Å². The van der Waals surface area contributed by atoms with Gasteiger partial charge in [-0.3, -0.25) is 0 Å². The first kappa shape index (κ1) is 13.6. The zero-order valence-electron chi connectivity index (χ0n) is 11.9. The van der Waals surface area contributed by atoms with Crippen molar-refractivity contribution in [2.75, 3.05) is 7.05 Å². The molecule has 20 heavy (non-hydrogen) atoms. The second-order valence-electron chi connectivity index (χ2n) is 5.23. The smallest absolute Gasteiger partial charge is 0.127 e. The molecule has 1 aromatic carbocycles. The van der Waals surface area contributed by atoms with Gasteiger partial charge in [0, 0.05) is 39.4 Å². The van der Waals surface area contributed by atoms with E-state index in [2.05, 4.69) is 25.2 Å². The molecule has 4 heteroatoms. The molecule has 106 valence electrons. The number of ether oxygens (including phenoxy) is 1. The van der Waals surface area contributed by atoms with Crippen LogP contribution in [0.4, 0.5) is 4.39 Å². The van der Waals surface area contributed by atoms with E-state index in [1.165, 1.54) is 27.5 Å². The van der Waals surface area contributed by atoms with Crippen LogP contribution in [0.1, 0.15) is 39.4 Å². The number of nitrogens with one attached hydrogen (secondary N) is 1. The Bertz CT molecular complexity index is 637. The monoisotopic (exact) mass is 291 g/mol. The molecule has 2 heterocycles. The van der Waals surface area contributed by atoms with E-state index in [0.717, 1.165) is 12.0 Å². The zero-order chi connectivity index (χ0) is 14.3. The summed E-state index contributed by atoms with van der Waals surface area (Å²) in [4.78, 5) is 2.56. The minimum atomic E-state index is -0.252. The summed E-state index contributed by atoms with van der Waals surface area (Å²) in [6.07, 6.45) is 0.860. The van der Waals surface area contributed by atoms with Crippen molar-refractivity contribution in [2.24, 2.45) is 0 Å². The predicted molar refractivity (Wildman–Crippen MR) is 80.0 cm³/mol. The van der Waals surface area contributed by atoms with Crippen molar-refractivity contribution in [1.82, 2.24) is 5.32 Å². The first-order valence-corrected chi connectivity index (χ1v) is 7.60. The summed E-state index contributed by atoms with van der Waals surface area (Å²) in [6, 6.07) is 7.17. The highest BCUT2D eigenvalue weighted by Gasteiger charge is 2.30. The predicted octanol–water partition coefficient (Wildman–Crippen LogP) is 4.29. The lowest BCUT2D eigenvalue weighted by Gasteiger charge is -2.32. The highest BCUT2D eigenvalue weighted by atomic mass is 32.1. The Kier molecular flexibility index (Phi) is 3.52. The maximum absolute atomic E-state index is 13.4. The number of benzene rings is 1. The van der Waals surface area contributed by atoms with Crippen molar-refractivity contribution in [3.8, 4) is 5.75 Å². The minimum absolute atomic E-state index is 0.00769. The van der Waals surface area contributed by atoms with Crippen LogP contribution in [0, 0.1) is 19.7 Å². The van der Waals surface area contributed by atoms with E-state index in [1.807, 2.05) is 13.1 Å². The van der Waals surface area contributed by atoms with Crippen LogP contribution in [-0.4, -0.2) is 7.05 Å². The largest absolute Gasteiger partial charge is 0.485 e. The average molecular weight is 291 g/mol. The third kappa shape index (κ3) is 2.34. The van der Waals surface area contributed by atoms with Crippen molar-refractivity contribution in [2.45, 2.75) is 32.4 Å². The van der Waals surface area contributed by atoms with E-state index < -0.39 is 0 Å². The molecule has 1 aromatic heterocycles. The van der Waals surface area contributed by atoms with Crippen LogP contribution in [0.25, 0.3) is 0 Å². The molecule has 1 aliphatic rings. The van der Waals surface area contributed by atoms with Gasteiger partial charge in [-0.05, 0) is 33.0 Å². The Hall–Kier alpha value is -1.39. The van der Waals surface area contributed by atoms with Crippen molar-refractivity contribution in [1.29, 1.82) is 0 Å². The lowest BCUT2D eigenvalue weighted by molar-refractivity contribution is 0.153. The van der Waals surface area contributed by atoms with Gasteiger partial charge in [0.05, 0.1) is 0 Å². The number of thiophene rings is 1. The van der Waals surface area contributed by atoms with Gasteiger partial charge in [-0.2, -0.15) is 0 Å². The Balaban J connectivity index is 1.99. The fraction of sp³-hybridized carbons (Fsp3) is 0.375. The number of hydrogen-bond donors (Lipinski definition) is 1. The third-order valence-electron chi connectivity index (χ3n) is 3.84. The maximum atomic E-state index is 13.4. The molecule has 2 unspecified atom stereocenters. The summed E-state index contributed by atoms with van der Waals surface area (Å²) < 4.78 is 19.5. The van der Waals surface area contributed by atoms with Crippen LogP contribution in [0.2, 0.25) is 0 Å². The van der Waals surface area contributed by atoms with Gasteiger partial charge in [0.15, 0.2) is 0 Å². The fourth-order valence-corrected chi connectivity index (χ4v) is 3.85. The number of aryl methyl sites for hydroxylation is 2. The topological polar surface area (TPSA) is 21.3 Å². The van der Waals surface area contributed by atoms with Gasteiger partial charge < -0.3 is 10.1 Å². The van der Waals surface area contributed by atoms with Gasteiger partial charge in [0.2, 0.25) is 0 Å². The van der Waals surface area contributed by atoms with Crippen LogP contribution in [0.15, 0.2) is 24.3 Å². The van der Waals surface area contributed by atoms with E-state index in [-0.39, 0.29) is 18.0 Å². The second kappa shape index (κ2) is 5.19. The van der Waals surface area contributed by atoms with Crippen LogP contribution in [0.3, 0.4) is 0 Å². The van der Waals surface area contributed by atoms with Gasteiger partial charge in [-0.25, -0.2) is 4.39 Å². The molecule has 0 saturated heterocycles. The quantitative estimate of drug-likeness (QED) is 0.891.